The van der Waals surface area contributed by atoms with Crippen LogP contribution in [0, 0.1) is 11.8 Å². The molecule has 12 heavy (non-hydrogen) atoms. The molecule has 0 N–H and O–H groups in total. The van der Waals surface area contributed by atoms with Gasteiger partial charge in [-0.2, -0.15) is 0 Å². The van der Waals surface area contributed by atoms with Gasteiger partial charge in [0.2, 0.25) is 0 Å². The Labute approximate surface area is 76.5 Å². The van der Waals surface area contributed by atoms with Gasteiger partial charge in [-0.05, 0) is 25.3 Å². The normalized spacial score (nSPS) is 27.1. The largest absolute Gasteiger partial charge is 0.305 e. The van der Waals surface area contributed by atoms with Gasteiger partial charge in [-0.3, -0.25) is 0 Å². The van der Waals surface area contributed by atoms with E-state index in [0.717, 1.165) is 11.8 Å². The fourth-order valence-corrected chi connectivity index (χ4v) is 2.12. The summed E-state index contributed by atoms with van der Waals surface area (Å²) >= 11 is 0. The molecule has 1 aliphatic heterocycles. The van der Waals surface area contributed by atoms with Gasteiger partial charge in [0.15, 0.2) is 0 Å². The minimum Gasteiger partial charge on any atom is -0.305 e. The second-order valence-electron chi connectivity index (χ2n) is 4.31. The Kier molecular flexibility index (Phi) is 3.33. The van der Waals surface area contributed by atoms with Crippen molar-refractivity contribution in [1.29, 1.82) is 0 Å². The summed E-state index contributed by atoms with van der Waals surface area (Å²) in [5.74, 6) is 1.48. The van der Waals surface area contributed by atoms with Crippen molar-refractivity contribution in [2.24, 2.45) is 11.8 Å². The van der Waals surface area contributed by atoms with Gasteiger partial charge in [0.05, 0.1) is 0 Å². The third-order valence-electron chi connectivity index (χ3n) is 2.71. The first-order valence-electron chi connectivity index (χ1n) is 4.99. The highest BCUT2D eigenvalue weighted by molar-refractivity contribution is 5.10. The van der Waals surface area contributed by atoms with E-state index in [9.17, 15) is 0 Å². The zero-order valence-electron chi connectivity index (χ0n) is 8.80. The average molecular weight is 167 g/mol. The third kappa shape index (κ3) is 2.34. The minimum absolute atomic E-state index is 0.728. The second-order valence-corrected chi connectivity index (χ2v) is 4.31. The lowest BCUT2D eigenvalue weighted by Gasteiger charge is -2.21. The Hall–Kier alpha value is -0.300. The SMILES string of the molecule is CC(C)C1=CCCN(C)CC1C. The van der Waals surface area contributed by atoms with Gasteiger partial charge in [0.1, 0.15) is 0 Å². The highest BCUT2D eigenvalue weighted by atomic mass is 15.1. The molecule has 1 atom stereocenters. The summed E-state index contributed by atoms with van der Waals surface area (Å²) in [5.41, 5.74) is 1.65. The molecule has 0 bridgehead atoms. The first-order chi connectivity index (χ1) is 5.61. The Morgan fingerprint density at radius 1 is 1.50 bits per heavy atom. The lowest BCUT2D eigenvalue weighted by Crippen LogP contribution is -2.24. The van der Waals surface area contributed by atoms with Crippen molar-refractivity contribution in [2.75, 3.05) is 20.1 Å². The molecule has 70 valence electrons. The highest BCUT2D eigenvalue weighted by Crippen LogP contribution is 2.23. The Bertz CT molecular complexity index is 170. The van der Waals surface area contributed by atoms with Crippen LogP contribution in [0.1, 0.15) is 27.2 Å². The Morgan fingerprint density at radius 2 is 2.17 bits per heavy atom. The van der Waals surface area contributed by atoms with E-state index in [0.29, 0.717) is 0 Å². The van der Waals surface area contributed by atoms with Crippen LogP contribution >= 0.6 is 0 Å². The summed E-state index contributed by atoms with van der Waals surface area (Å²) in [5, 5.41) is 0. The molecule has 1 heterocycles. The molecule has 0 fully saturated rings. The number of nitrogens with zero attached hydrogens (tertiary/aromatic N) is 1. The predicted octanol–water partition coefficient (Wildman–Crippen LogP) is 2.54. The van der Waals surface area contributed by atoms with Crippen molar-refractivity contribution in [3.05, 3.63) is 11.6 Å². The molecule has 1 rings (SSSR count). The van der Waals surface area contributed by atoms with E-state index >= 15 is 0 Å². The van der Waals surface area contributed by atoms with Gasteiger partial charge in [-0.1, -0.05) is 32.4 Å². The molecule has 1 aliphatic rings. The predicted molar refractivity (Wildman–Crippen MR) is 54.2 cm³/mol. The molecule has 0 amide bonds. The zero-order valence-corrected chi connectivity index (χ0v) is 8.80. The minimum atomic E-state index is 0.728. The Morgan fingerprint density at radius 3 is 2.75 bits per heavy atom. The summed E-state index contributed by atoms with van der Waals surface area (Å²) in [6.45, 7) is 9.39. The van der Waals surface area contributed by atoms with Gasteiger partial charge in [-0.25, -0.2) is 0 Å². The van der Waals surface area contributed by atoms with Crippen molar-refractivity contribution in [2.45, 2.75) is 27.2 Å². The second kappa shape index (κ2) is 4.08. The van der Waals surface area contributed by atoms with Crippen LogP contribution in [0.4, 0.5) is 0 Å². The van der Waals surface area contributed by atoms with E-state index in [1.165, 1.54) is 19.5 Å². The monoisotopic (exact) mass is 167 g/mol. The molecule has 1 heteroatoms. The highest BCUT2D eigenvalue weighted by Gasteiger charge is 2.16. The molecular weight excluding hydrogens is 146 g/mol. The van der Waals surface area contributed by atoms with E-state index in [-0.39, 0.29) is 0 Å². The summed E-state index contributed by atoms with van der Waals surface area (Å²) in [6.07, 6.45) is 3.67. The fraction of sp³-hybridized carbons (Fsp3) is 0.818. The number of hydrogen-bond donors (Lipinski definition) is 0. The summed E-state index contributed by atoms with van der Waals surface area (Å²) in [7, 11) is 2.22. The third-order valence-corrected chi connectivity index (χ3v) is 2.71. The van der Waals surface area contributed by atoms with Crippen molar-refractivity contribution in [3.8, 4) is 0 Å². The molecule has 0 aromatic rings. The summed E-state index contributed by atoms with van der Waals surface area (Å²) in [6, 6.07) is 0. The van der Waals surface area contributed by atoms with Gasteiger partial charge in [0.25, 0.3) is 0 Å². The van der Waals surface area contributed by atoms with Crippen LogP contribution in [0.2, 0.25) is 0 Å². The molecule has 0 aromatic heterocycles. The van der Waals surface area contributed by atoms with E-state index in [1.807, 2.05) is 0 Å². The van der Waals surface area contributed by atoms with Crippen LogP contribution in [0.15, 0.2) is 11.6 Å². The Balaban J connectivity index is 2.65. The van der Waals surface area contributed by atoms with Gasteiger partial charge >= 0.3 is 0 Å². The van der Waals surface area contributed by atoms with Crippen molar-refractivity contribution < 1.29 is 0 Å². The first-order valence-corrected chi connectivity index (χ1v) is 4.99. The van der Waals surface area contributed by atoms with Crippen LogP contribution in [0.25, 0.3) is 0 Å². The zero-order chi connectivity index (χ0) is 9.14. The molecule has 1 unspecified atom stereocenters. The van der Waals surface area contributed by atoms with Gasteiger partial charge in [-0.15, -0.1) is 0 Å². The van der Waals surface area contributed by atoms with E-state index < -0.39 is 0 Å². The fourth-order valence-electron chi connectivity index (χ4n) is 2.12. The van der Waals surface area contributed by atoms with Crippen molar-refractivity contribution in [1.82, 2.24) is 4.90 Å². The molecule has 0 saturated carbocycles. The van der Waals surface area contributed by atoms with Gasteiger partial charge in [0, 0.05) is 13.1 Å². The quantitative estimate of drug-likeness (QED) is 0.542. The van der Waals surface area contributed by atoms with Crippen molar-refractivity contribution in [3.63, 3.8) is 0 Å². The lowest BCUT2D eigenvalue weighted by atomic mass is 9.91. The topological polar surface area (TPSA) is 3.24 Å². The van der Waals surface area contributed by atoms with E-state index in [2.05, 4.69) is 38.8 Å². The van der Waals surface area contributed by atoms with Crippen LogP contribution in [-0.4, -0.2) is 25.0 Å². The lowest BCUT2D eigenvalue weighted by molar-refractivity contribution is 0.313. The first kappa shape index (κ1) is 9.79. The van der Waals surface area contributed by atoms with Crippen LogP contribution in [-0.2, 0) is 0 Å². The molecular formula is C11H21N. The van der Waals surface area contributed by atoms with E-state index in [4.69, 9.17) is 0 Å². The number of rotatable bonds is 1. The smallest absolute Gasteiger partial charge is 0.00415 e. The molecule has 0 radical (unpaired) electrons. The van der Waals surface area contributed by atoms with Crippen LogP contribution in [0.3, 0.4) is 0 Å². The van der Waals surface area contributed by atoms with Crippen LogP contribution < -0.4 is 0 Å². The van der Waals surface area contributed by atoms with E-state index in [1.54, 1.807) is 5.57 Å². The standard InChI is InChI=1S/C11H21N/c1-9(2)11-6-5-7-12(4)8-10(11)3/h6,9-10H,5,7-8H2,1-4H3. The average Bonchev–Trinajstić information content (AvgIpc) is 2.10. The molecule has 0 aromatic carbocycles. The molecule has 0 aliphatic carbocycles. The summed E-state index contributed by atoms with van der Waals surface area (Å²) < 4.78 is 0. The molecule has 0 spiro atoms. The van der Waals surface area contributed by atoms with Crippen LogP contribution in [0.5, 0.6) is 0 Å². The number of hydrogen-bond acceptors (Lipinski definition) is 1. The van der Waals surface area contributed by atoms with Crippen molar-refractivity contribution >= 4 is 0 Å². The van der Waals surface area contributed by atoms with Gasteiger partial charge < -0.3 is 4.90 Å². The maximum Gasteiger partial charge on any atom is 0.00415 e. The maximum absolute atomic E-state index is 2.44. The molecule has 0 saturated heterocycles. The maximum atomic E-state index is 2.44. The molecule has 1 nitrogen and oxygen atoms in total. The summed E-state index contributed by atoms with van der Waals surface area (Å²) in [4.78, 5) is 2.43.